The molecule has 0 fully saturated rings. The molecule has 0 N–H and O–H groups in total. The second-order valence-corrected chi connectivity index (χ2v) is 7.11. The van der Waals surface area contributed by atoms with Crippen LogP contribution >= 0.6 is 43.2 Å². The van der Waals surface area contributed by atoms with Gasteiger partial charge in [-0.05, 0) is 23.8 Å². The highest BCUT2D eigenvalue weighted by Crippen LogP contribution is 2.44. The van der Waals surface area contributed by atoms with Gasteiger partial charge in [-0.25, -0.2) is 0 Å². The highest BCUT2D eigenvalue weighted by Gasteiger charge is 2.23. The number of hydrogen-bond donors (Lipinski definition) is 0. The third kappa shape index (κ3) is 2.56. The number of methoxy groups -OCH3 is 1. The van der Waals surface area contributed by atoms with Crippen LogP contribution in [-0.4, -0.2) is 13.7 Å². The third-order valence-corrected chi connectivity index (χ3v) is 5.85. The van der Waals surface area contributed by atoms with Crippen molar-refractivity contribution in [1.82, 2.24) is 0 Å². The minimum atomic E-state index is 0.130. The summed E-state index contributed by atoms with van der Waals surface area (Å²) in [6, 6.07) is 6.32. The van der Waals surface area contributed by atoms with Crippen molar-refractivity contribution in [1.29, 1.82) is 0 Å². The third-order valence-electron chi connectivity index (χ3n) is 3.13. The minimum Gasteiger partial charge on any atom is -0.496 e. The lowest BCUT2D eigenvalue weighted by Crippen LogP contribution is -1.95. The molecule has 0 spiro atoms. The van der Waals surface area contributed by atoms with Gasteiger partial charge < -0.3 is 9.47 Å². The van der Waals surface area contributed by atoms with Crippen LogP contribution in [0.15, 0.2) is 28.1 Å². The Morgan fingerprint density at radius 1 is 1.37 bits per heavy atom. The van der Waals surface area contributed by atoms with Crippen molar-refractivity contribution in [2.24, 2.45) is 0 Å². The smallest absolute Gasteiger partial charge is 0.129 e. The first-order valence-electron chi connectivity index (χ1n) is 5.90. The van der Waals surface area contributed by atoms with E-state index in [4.69, 9.17) is 9.47 Å². The van der Waals surface area contributed by atoms with Crippen molar-refractivity contribution in [3.63, 3.8) is 0 Å². The highest BCUT2D eigenvalue weighted by atomic mass is 79.9. The molecule has 19 heavy (non-hydrogen) atoms. The van der Waals surface area contributed by atoms with E-state index in [9.17, 15) is 0 Å². The second kappa shape index (κ2) is 5.46. The zero-order valence-corrected chi connectivity index (χ0v) is 14.3. The number of fused-ring (bicyclic) bond motifs is 1. The summed E-state index contributed by atoms with van der Waals surface area (Å²) in [7, 11) is 1.69. The lowest BCUT2D eigenvalue weighted by molar-refractivity contribution is 0.354. The maximum absolute atomic E-state index is 5.78. The summed E-state index contributed by atoms with van der Waals surface area (Å²) in [4.78, 5) is 1.35. The second-order valence-electron chi connectivity index (χ2n) is 4.33. The van der Waals surface area contributed by atoms with Gasteiger partial charge in [0.25, 0.3) is 0 Å². The first-order valence-corrected chi connectivity index (χ1v) is 8.49. The van der Waals surface area contributed by atoms with E-state index in [1.165, 1.54) is 16.0 Å². The summed E-state index contributed by atoms with van der Waals surface area (Å²) in [5.41, 5.74) is 2.45. The molecule has 0 bridgehead atoms. The average molecular weight is 404 g/mol. The van der Waals surface area contributed by atoms with Crippen molar-refractivity contribution in [2.75, 3.05) is 13.7 Å². The summed E-state index contributed by atoms with van der Waals surface area (Å²) >= 11 is 9.04. The number of benzene rings is 1. The van der Waals surface area contributed by atoms with Crippen LogP contribution in [0.2, 0.25) is 0 Å². The van der Waals surface area contributed by atoms with Crippen LogP contribution in [0.3, 0.4) is 0 Å². The van der Waals surface area contributed by atoms with Crippen molar-refractivity contribution in [3.8, 4) is 11.5 Å². The van der Waals surface area contributed by atoms with Gasteiger partial charge in [0.1, 0.15) is 11.5 Å². The van der Waals surface area contributed by atoms with Crippen molar-refractivity contribution in [3.05, 3.63) is 44.1 Å². The van der Waals surface area contributed by atoms with Gasteiger partial charge in [0, 0.05) is 26.7 Å². The van der Waals surface area contributed by atoms with Gasteiger partial charge in [0.2, 0.25) is 0 Å². The number of rotatable bonds is 3. The number of hydrogen-bond acceptors (Lipinski definition) is 3. The molecule has 0 saturated heterocycles. The Labute approximate surface area is 133 Å². The van der Waals surface area contributed by atoms with E-state index in [0.29, 0.717) is 0 Å². The maximum atomic E-state index is 5.78. The van der Waals surface area contributed by atoms with E-state index in [-0.39, 0.29) is 4.83 Å². The van der Waals surface area contributed by atoms with Crippen LogP contribution in [0.25, 0.3) is 0 Å². The number of alkyl halides is 1. The Kier molecular flexibility index (Phi) is 3.87. The Hall–Kier alpha value is -0.520. The van der Waals surface area contributed by atoms with Gasteiger partial charge >= 0.3 is 0 Å². The average Bonchev–Trinajstić information content (AvgIpc) is 3.04. The lowest BCUT2D eigenvalue weighted by Gasteiger charge is -2.13. The van der Waals surface area contributed by atoms with E-state index in [1.807, 2.05) is 5.38 Å². The molecule has 2 heterocycles. The van der Waals surface area contributed by atoms with E-state index in [2.05, 4.69) is 50.1 Å². The lowest BCUT2D eigenvalue weighted by atomic mass is 10.0. The molecule has 1 aliphatic rings. The maximum Gasteiger partial charge on any atom is 0.129 e. The normalized spacial score (nSPS) is 14.9. The molecule has 2 nitrogen and oxygen atoms in total. The number of halogens is 2. The molecule has 0 amide bonds. The molecule has 3 rings (SSSR count). The van der Waals surface area contributed by atoms with Gasteiger partial charge in [0.15, 0.2) is 0 Å². The fraction of sp³-hybridized carbons (Fsp3) is 0.286. The standard InChI is InChI=1S/C14H12Br2O2S/c1-17-10-6-12(19-7-10)13(16)11-5-9(15)4-8-2-3-18-14(8)11/h4-7,13H,2-3H2,1H3. The predicted octanol–water partition coefficient (Wildman–Crippen LogP) is 4.94. The first kappa shape index (κ1) is 13.5. The Morgan fingerprint density at radius 3 is 2.95 bits per heavy atom. The Balaban J connectivity index is 2.02. The summed E-state index contributed by atoms with van der Waals surface area (Å²) in [5.74, 6) is 1.93. The molecule has 1 atom stereocenters. The van der Waals surface area contributed by atoms with Crippen LogP contribution in [0.5, 0.6) is 11.5 Å². The molecule has 1 aromatic carbocycles. The van der Waals surface area contributed by atoms with Crippen LogP contribution < -0.4 is 9.47 Å². The zero-order valence-electron chi connectivity index (χ0n) is 10.3. The molecule has 1 unspecified atom stereocenters. The number of thiophene rings is 1. The monoisotopic (exact) mass is 402 g/mol. The molecule has 100 valence electrons. The SMILES string of the molecule is COc1csc(C(Br)c2cc(Br)cc3c2OCC3)c1. The van der Waals surface area contributed by atoms with Crippen LogP contribution in [0, 0.1) is 0 Å². The zero-order chi connectivity index (χ0) is 13.4. The van der Waals surface area contributed by atoms with Crippen LogP contribution in [0.4, 0.5) is 0 Å². The van der Waals surface area contributed by atoms with E-state index < -0.39 is 0 Å². The minimum absolute atomic E-state index is 0.130. The van der Waals surface area contributed by atoms with Crippen molar-refractivity contribution < 1.29 is 9.47 Å². The molecule has 1 aromatic heterocycles. The van der Waals surface area contributed by atoms with Crippen molar-refractivity contribution in [2.45, 2.75) is 11.2 Å². The molecule has 0 radical (unpaired) electrons. The summed E-state index contributed by atoms with van der Waals surface area (Å²) in [5, 5.41) is 2.02. The van der Waals surface area contributed by atoms with Crippen LogP contribution in [-0.2, 0) is 6.42 Å². The van der Waals surface area contributed by atoms with E-state index in [1.54, 1.807) is 18.4 Å². The summed E-state index contributed by atoms with van der Waals surface area (Å²) in [6.45, 7) is 0.770. The Bertz CT molecular complexity index is 609. The molecule has 2 aromatic rings. The molecule has 0 aliphatic carbocycles. The van der Waals surface area contributed by atoms with E-state index in [0.717, 1.165) is 29.0 Å². The van der Waals surface area contributed by atoms with Gasteiger partial charge in [-0.15, -0.1) is 11.3 Å². The van der Waals surface area contributed by atoms with E-state index >= 15 is 0 Å². The molecule has 0 saturated carbocycles. The molecular formula is C14H12Br2O2S. The Morgan fingerprint density at radius 2 is 2.21 bits per heavy atom. The topological polar surface area (TPSA) is 18.5 Å². The molecule has 1 aliphatic heterocycles. The van der Waals surface area contributed by atoms with Gasteiger partial charge in [-0.3, -0.25) is 0 Å². The van der Waals surface area contributed by atoms with Crippen molar-refractivity contribution >= 4 is 43.2 Å². The summed E-state index contributed by atoms with van der Waals surface area (Å²) in [6.07, 6.45) is 0.981. The fourth-order valence-corrected chi connectivity index (χ4v) is 4.38. The number of ether oxygens (including phenoxy) is 2. The van der Waals surface area contributed by atoms with Gasteiger partial charge in [-0.1, -0.05) is 31.9 Å². The largest absolute Gasteiger partial charge is 0.496 e. The first-order chi connectivity index (χ1) is 9.19. The quantitative estimate of drug-likeness (QED) is 0.675. The van der Waals surface area contributed by atoms with Gasteiger partial charge in [-0.2, -0.15) is 0 Å². The van der Waals surface area contributed by atoms with Gasteiger partial charge in [0.05, 0.1) is 18.5 Å². The fourth-order valence-electron chi connectivity index (χ4n) is 2.21. The summed E-state index contributed by atoms with van der Waals surface area (Å²) < 4.78 is 12.1. The highest BCUT2D eigenvalue weighted by molar-refractivity contribution is 9.10. The molecule has 5 heteroatoms. The molecular weight excluding hydrogens is 392 g/mol. The van der Waals surface area contributed by atoms with Crippen LogP contribution in [0.1, 0.15) is 20.8 Å². The predicted molar refractivity (Wildman–Crippen MR) is 85.0 cm³/mol.